The van der Waals surface area contributed by atoms with Crippen molar-refractivity contribution in [3.05, 3.63) is 46.4 Å². The highest BCUT2D eigenvalue weighted by Crippen LogP contribution is 2.40. The summed E-state index contributed by atoms with van der Waals surface area (Å²) in [7, 11) is 3.34. The number of halogens is 1. The van der Waals surface area contributed by atoms with E-state index in [2.05, 4.69) is 31.0 Å². The number of aromatic nitrogens is 1. The van der Waals surface area contributed by atoms with Crippen LogP contribution in [-0.2, 0) is 0 Å². The van der Waals surface area contributed by atoms with Crippen molar-refractivity contribution in [1.29, 1.82) is 0 Å². The van der Waals surface area contributed by atoms with Crippen molar-refractivity contribution in [3.63, 3.8) is 0 Å². The fourth-order valence-corrected chi connectivity index (χ4v) is 4.99. The van der Waals surface area contributed by atoms with Crippen molar-refractivity contribution < 1.29 is 14.3 Å². The van der Waals surface area contributed by atoms with Gasteiger partial charge in [-0.3, -0.25) is 9.69 Å². The maximum Gasteiger partial charge on any atom is 0.251 e. The van der Waals surface area contributed by atoms with E-state index in [0.29, 0.717) is 12.1 Å². The molecule has 1 N–H and O–H groups in total. The number of hydrogen-bond acceptors (Lipinski definition) is 7. The molecule has 4 rings (SSSR count). The molecule has 3 aromatic rings. The molecule has 1 saturated heterocycles. The summed E-state index contributed by atoms with van der Waals surface area (Å²) in [4.78, 5) is 21.7. The van der Waals surface area contributed by atoms with Crippen LogP contribution in [0.4, 0.5) is 5.13 Å². The third kappa shape index (κ3) is 4.94. The molecule has 1 aliphatic rings. The summed E-state index contributed by atoms with van der Waals surface area (Å²) in [5, 5.41) is 3.99. The second-order valence-electron chi connectivity index (χ2n) is 7.24. The number of ether oxygens (including phenoxy) is 2. The lowest BCUT2D eigenvalue weighted by Crippen LogP contribution is -2.48. The van der Waals surface area contributed by atoms with Gasteiger partial charge in [0.15, 0.2) is 5.13 Å². The van der Waals surface area contributed by atoms with E-state index < -0.39 is 0 Å². The fourth-order valence-electron chi connectivity index (χ4n) is 3.60. The summed E-state index contributed by atoms with van der Waals surface area (Å²) >= 11 is 5.02. The Labute approximate surface area is 194 Å². The standard InChI is InChI=1S/C22H25BrN4O3S/c1-29-17-7-8-18(30-2)20-19(17)25-22(31-20)27-13-11-26(12-14-27)10-9-24-21(28)15-3-5-16(23)6-4-15/h3-8H,9-14H2,1-2H3,(H,24,28). The van der Waals surface area contributed by atoms with Gasteiger partial charge in [0.1, 0.15) is 21.7 Å². The summed E-state index contributed by atoms with van der Waals surface area (Å²) in [6.07, 6.45) is 0. The molecule has 1 fully saturated rings. The molecule has 1 aromatic heterocycles. The number of hydrogen-bond donors (Lipinski definition) is 1. The maximum atomic E-state index is 12.2. The fraction of sp³-hybridized carbons (Fsp3) is 0.364. The number of benzene rings is 2. The predicted octanol–water partition coefficient (Wildman–Crippen LogP) is 3.63. The Morgan fingerprint density at radius 1 is 1.06 bits per heavy atom. The number of amides is 1. The monoisotopic (exact) mass is 504 g/mol. The molecule has 0 aliphatic carbocycles. The molecule has 0 bridgehead atoms. The average molecular weight is 505 g/mol. The average Bonchev–Trinajstić information content (AvgIpc) is 3.25. The lowest BCUT2D eigenvalue weighted by atomic mass is 10.2. The van der Waals surface area contributed by atoms with Gasteiger partial charge in [0.05, 0.1) is 14.2 Å². The molecule has 7 nitrogen and oxygen atoms in total. The van der Waals surface area contributed by atoms with Crippen LogP contribution in [0.15, 0.2) is 40.9 Å². The number of anilines is 1. The molecule has 2 aromatic carbocycles. The van der Waals surface area contributed by atoms with Gasteiger partial charge in [-0.05, 0) is 36.4 Å². The van der Waals surface area contributed by atoms with Crippen LogP contribution in [0.25, 0.3) is 10.2 Å². The normalized spacial score (nSPS) is 14.6. The van der Waals surface area contributed by atoms with Crippen LogP contribution in [0.1, 0.15) is 10.4 Å². The molecular formula is C22H25BrN4O3S. The highest BCUT2D eigenvalue weighted by molar-refractivity contribution is 9.10. The molecule has 1 amide bonds. The van der Waals surface area contributed by atoms with E-state index in [1.165, 1.54) is 0 Å². The molecule has 1 aliphatic heterocycles. The Morgan fingerprint density at radius 3 is 2.42 bits per heavy atom. The van der Waals surface area contributed by atoms with Crippen molar-refractivity contribution >= 4 is 48.5 Å². The first kappa shape index (κ1) is 21.9. The maximum absolute atomic E-state index is 12.2. The largest absolute Gasteiger partial charge is 0.495 e. The van der Waals surface area contributed by atoms with Gasteiger partial charge in [-0.15, -0.1) is 0 Å². The molecule has 0 radical (unpaired) electrons. The van der Waals surface area contributed by atoms with Gasteiger partial charge >= 0.3 is 0 Å². The van der Waals surface area contributed by atoms with Crippen LogP contribution in [0.5, 0.6) is 11.5 Å². The van der Waals surface area contributed by atoms with Gasteiger partial charge in [-0.25, -0.2) is 4.98 Å². The van der Waals surface area contributed by atoms with E-state index in [9.17, 15) is 4.79 Å². The summed E-state index contributed by atoms with van der Waals surface area (Å²) in [6.45, 7) is 5.11. The molecule has 0 unspecified atom stereocenters. The van der Waals surface area contributed by atoms with Gasteiger partial charge in [0, 0.05) is 49.3 Å². The molecule has 9 heteroatoms. The first-order chi connectivity index (χ1) is 15.1. The summed E-state index contributed by atoms with van der Waals surface area (Å²) in [5.74, 6) is 1.54. The van der Waals surface area contributed by atoms with Gasteiger partial charge in [-0.2, -0.15) is 0 Å². The lowest BCUT2D eigenvalue weighted by Gasteiger charge is -2.34. The van der Waals surface area contributed by atoms with Crippen molar-refractivity contribution in [3.8, 4) is 11.5 Å². The highest BCUT2D eigenvalue weighted by Gasteiger charge is 2.22. The zero-order valence-electron chi connectivity index (χ0n) is 17.6. The Bertz CT molecular complexity index is 1010. The second kappa shape index (κ2) is 9.84. The number of nitrogens with zero attached hydrogens (tertiary/aromatic N) is 3. The summed E-state index contributed by atoms with van der Waals surface area (Å²) < 4.78 is 12.9. The van der Waals surface area contributed by atoms with Crippen LogP contribution in [0.3, 0.4) is 0 Å². The Kier molecular flexibility index (Phi) is 6.94. The zero-order chi connectivity index (χ0) is 21.8. The van der Waals surface area contributed by atoms with Crippen molar-refractivity contribution in [2.45, 2.75) is 0 Å². The first-order valence-electron chi connectivity index (χ1n) is 10.1. The predicted molar refractivity (Wildman–Crippen MR) is 128 cm³/mol. The molecule has 0 saturated carbocycles. The third-order valence-electron chi connectivity index (χ3n) is 5.36. The van der Waals surface area contributed by atoms with Crippen LogP contribution in [-0.4, -0.2) is 69.3 Å². The molecular weight excluding hydrogens is 480 g/mol. The molecule has 31 heavy (non-hydrogen) atoms. The Hall–Kier alpha value is -2.36. The van der Waals surface area contributed by atoms with Crippen LogP contribution in [0.2, 0.25) is 0 Å². The molecule has 164 valence electrons. The zero-order valence-corrected chi connectivity index (χ0v) is 20.0. The topological polar surface area (TPSA) is 66.9 Å². The number of carbonyl (C=O) groups is 1. The van der Waals surface area contributed by atoms with Gasteiger partial charge in [0.2, 0.25) is 0 Å². The minimum Gasteiger partial charge on any atom is -0.495 e. The molecule has 0 atom stereocenters. The van der Waals surface area contributed by atoms with Crippen molar-refractivity contribution in [2.24, 2.45) is 0 Å². The number of carbonyl (C=O) groups excluding carboxylic acids is 1. The Balaban J connectivity index is 1.30. The molecule has 2 heterocycles. The number of rotatable bonds is 7. The van der Waals surface area contributed by atoms with Crippen LogP contribution >= 0.6 is 27.3 Å². The van der Waals surface area contributed by atoms with E-state index in [0.717, 1.165) is 64.0 Å². The van der Waals surface area contributed by atoms with Gasteiger partial charge < -0.3 is 19.7 Å². The van der Waals surface area contributed by atoms with E-state index >= 15 is 0 Å². The second-order valence-corrected chi connectivity index (χ2v) is 9.13. The smallest absolute Gasteiger partial charge is 0.251 e. The lowest BCUT2D eigenvalue weighted by molar-refractivity contribution is 0.0948. The third-order valence-corrected chi connectivity index (χ3v) is 7.02. The number of thiazole rings is 1. The SMILES string of the molecule is COc1ccc(OC)c2sc(N3CCN(CCNC(=O)c4ccc(Br)cc4)CC3)nc12. The van der Waals surface area contributed by atoms with Crippen molar-refractivity contribution in [2.75, 3.05) is 58.4 Å². The summed E-state index contributed by atoms with van der Waals surface area (Å²) in [5.41, 5.74) is 1.52. The van der Waals surface area contributed by atoms with E-state index in [4.69, 9.17) is 14.5 Å². The van der Waals surface area contributed by atoms with Gasteiger partial charge in [-0.1, -0.05) is 27.3 Å². The number of fused-ring (bicyclic) bond motifs is 1. The Morgan fingerprint density at radius 2 is 1.74 bits per heavy atom. The number of nitrogens with one attached hydrogen (secondary N) is 1. The number of piperazine rings is 1. The van der Waals surface area contributed by atoms with Crippen molar-refractivity contribution in [1.82, 2.24) is 15.2 Å². The van der Waals surface area contributed by atoms with Crippen LogP contribution < -0.4 is 19.7 Å². The van der Waals surface area contributed by atoms with Crippen LogP contribution in [0, 0.1) is 0 Å². The quantitative estimate of drug-likeness (QED) is 0.529. The van der Waals surface area contributed by atoms with E-state index in [1.807, 2.05) is 36.4 Å². The van der Waals surface area contributed by atoms with E-state index in [-0.39, 0.29) is 5.91 Å². The number of methoxy groups -OCH3 is 2. The first-order valence-corrected chi connectivity index (χ1v) is 11.7. The highest BCUT2D eigenvalue weighted by atomic mass is 79.9. The summed E-state index contributed by atoms with van der Waals surface area (Å²) in [6, 6.07) is 11.2. The molecule has 0 spiro atoms. The minimum atomic E-state index is -0.0384. The van der Waals surface area contributed by atoms with E-state index in [1.54, 1.807) is 25.6 Å². The van der Waals surface area contributed by atoms with Gasteiger partial charge in [0.25, 0.3) is 5.91 Å². The minimum absolute atomic E-state index is 0.0384.